The summed E-state index contributed by atoms with van der Waals surface area (Å²) in [6.07, 6.45) is 0. The molecular formula is C16H18BrNOS. The Hall–Kier alpha value is -1.13. The van der Waals surface area contributed by atoms with Crippen molar-refractivity contribution in [3.63, 3.8) is 0 Å². The lowest BCUT2D eigenvalue weighted by molar-refractivity contribution is 0.0785. The standard InChI is InChI=1S/C16H18BrNOS/c1-10-5-11(2)15(12(3)6-10)16(19)18(4)8-14-7-13(17)9-20-14/h5-7,9H,8H2,1-4H3. The summed E-state index contributed by atoms with van der Waals surface area (Å²) in [6.45, 7) is 6.70. The Bertz CT molecular complexity index is 625. The molecule has 0 bridgehead atoms. The molecule has 0 N–H and O–H groups in total. The lowest BCUT2D eigenvalue weighted by Gasteiger charge is -2.19. The zero-order chi connectivity index (χ0) is 14.9. The number of thiophene rings is 1. The Labute approximate surface area is 132 Å². The van der Waals surface area contributed by atoms with Crippen LogP contribution in [0.2, 0.25) is 0 Å². The van der Waals surface area contributed by atoms with Crippen LogP contribution in [0.15, 0.2) is 28.1 Å². The molecule has 0 aliphatic rings. The van der Waals surface area contributed by atoms with Gasteiger partial charge in [0.15, 0.2) is 0 Å². The molecule has 0 aliphatic heterocycles. The van der Waals surface area contributed by atoms with Crippen LogP contribution < -0.4 is 0 Å². The Morgan fingerprint density at radius 3 is 2.30 bits per heavy atom. The number of carbonyl (C=O) groups is 1. The summed E-state index contributed by atoms with van der Waals surface area (Å²) in [7, 11) is 1.86. The number of benzene rings is 1. The van der Waals surface area contributed by atoms with Crippen LogP contribution in [0.25, 0.3) is 0 Å². The molecule has 1 aromatic heterocycles. The van der Waals surface area contributed by atoms with Crippen LogP contribution >= 0.6 is 27.3 Å². The predicted molar refractivity (Wildman–Crippen MR) is 88.5 cm³/mol. The van der Waals surface area contributed by atoms with Gasteiger partial charge >= 0.3 is 0 Å². The van der Waals surface area contributed by atoms with Crippen molar-refractivity contribution in [1.82, 2.24) is 4.90 Å². The maximum Gasteiger partial charge on any atom is 0.254 e. The number of hydrogen-bond donors (Lipinski definition) is 0. The first-order chi connectivity index (χ1) is 9.38. The van der Waals surface area contributed by atoms with Gasteiger partial charge in [-0.2, -0.15) is 0 Å². The van der Waals surface area contributed by atoms with E-state index in [9.17, 15) is 4.79 Å². The molecule has 1 heterocycles. The van der Waals surface area contributed by atoms with Gasteiger partial charge in [-0.15, -0.1) is 11.3 Å². The fraction of sp³-hybridized carbons (Fsp3) is 0.312. The summed E-state index contributed by atoms with van der Waals surface area (Å²) < 4.78 is 1.07. The molecule has 0 unspecified atom stereocenters. The molecule has 0 saturated carbocycles. The minimum atomic E-state index is 0.0875. The number of amides is 1. The van der Waals surface area contributed by atoms with Crippen LogP contribution in [0.1, 0.15) is 31.9 Å². The minimum absolute atomic E-state index is 0.0875. The van der Waals surface area contributed by atoms with Crippen molar-refractivity contribution in [2.24, 2.45) is 0 Å². The maximum absolute atomic E-state index is 12.6. The van der Waals surface area contributed by atoms with Crippen molar-refractivity contribution in [2.75, 3.05) is 7.05 Å². The highest BCUT2D eigenvalue weighted by atomic mass is 79.9. The third-order valence-electron chi connectivity index (χ3n) is 3.25. The summed E-state index contributed by atoms with van der Waals surface area (Å²) in [4.78, 5) is 15.6. The normalized spacial score (nSPS) is 10.7. The maximum atomic E-state index is 12.6. The Balaban J connectivity index is 2.23. The molecule has 1 aromatic carbocycles. The second-order valence-electron chi connectivity index (χ2n) is 5.17. The molecule has 0 spiro atoms. The molecule has 4 heteroatoms. The quantitative estimate of drug-likeness (QED) is 0.784. The number of halogens is 1. The van der Waals surface area contributed by atoms with Crippen molar-refractivity contribution in [1.29, 1.82) is 0 Å². The van der Waals surface area contributed by atoms with E-state index in [1.807, 2.05) is 26.3 Å². The highest BCUT2D eigenvalue weighted by Crippen LogP contribution is 2.23. The number of carbonyl (C=O) groups excluding carboxylic acids is 1. The highest BCUT2D eigenvalue weighted by molar-refractivity contribution is 9.10. The van der Waals surface area contributed by atoms with E-state index in [1.165, 1.54) is 10.4 Å². The van der Waals surface area contributed by atoms with E-state index in [0.29, 0.717) is 6.54 Å². The zero-order valence-electron chi connectivity index (χ0n) is 12.2. The van der Waals surface area contributed by atoms with Gasteiger partial charge in [0.05, 0.1) is 6.54 Å². The number of nitrogens with zero attached hydrogens (tertiary/aromatic N) is 1. The monoisotopic (exact) mass is 351 g/mol. The summed E-state index contributed by atoms with van der Waals surface area (Å²) in [5.41, 5.74) is 4.12. The molecule has 106 valence electrons. The van der Waals surface area contributed by atoms with Crippen LogP contribution in [0.3, 0.4) is 0 Å². The summed E-state index contributed by atoms with van der Waals surface area (Å²) in [5, 5.41) is 2.04. The van der Waals surface area contributed by atoms with E-state index in [0.717, 1.165) is 21.2 Å². The first kappa shape index (κ1) is 15.3. The fourth-order valence-electron chi connectivity index (χ4n) is 2.45. The number of aryl methyl sites for hydroxylation is 3. The van der Waals surface area contributed by atoms with Gasteiger partial charge in [0, 0.05) is 27.3 Å². The van der Waals surface area contributed by atoms with Gasteiger partial charge in [-0.3, -0.25) is 4.79 Å². The lowest BCUT2D eigenvalue weighted by atomic mass is 9.99. The van der Waals surface area contributed by atoms with Crippen molar-refractivity contribution in [3.8, 4) is 0 Å². The zero-order valence-corrected chi connectivity index (χ0v) is 14.6. The Morgan fingerprint density at radius 1 is 1.20 bits per heavy atom. The van der Waals surface area contributed by atoms with Gasteiger partial charge in [0.25, 0.3) is 5.91 Å². The molecule has 0 saturated heterocycles. The molecule has 0 radical (unpaired) electrons. The van der Waals surface area contributed by atoms with Crippen molar-refractivity contribution in [2.45, 2.75) is 27.3 Å². The van der Waals surface area contributed by atoms with Crippen LogP contribution in [-0.4, -0.2) is 17.9 Å². The van der Waals surface area contributed by atoms with Gasteiger partial charge in [0.1, 0.15) is 0 Å². The van der Waals surface area contributed by atoms with Crippen molar-refractivity contribution >= 4 is 33.2 Å². The second kappa shape index (κ2) is 6.10. The molecule has 1 amide bonds. The van der Waals surface area contributed by atoms with Crippen molar-refractivity contribution in [3.05, 3.63) is 55.2 Å². The molecule has 0 aliphatic carbocycles. The Morgan fingerprint density at radius 2 is 1.80 bits per heavy atom. The van der Waals surface area contributed by atoms with E-state index in [2.05, 4.69) is 41.1 Å². The van der Waals surface area contributed by atoms with Crippen LogP contribution in [0, 0.1) is 20.8 Å². The third-order valence-corrected chi connectivity index (χ3v) is 4.93. The minimum Gasteiger partial charge on any atom is -0.337 e. The van der Waals surface area contributed by atoms with E-state index in [4.69, 9.17) is 0 Å². The van der Waals surface area contributed by atoms with Gasteiger partial charge in [-0.25, -0.2) is 0 Å². The predicted octanol–water partition coefficient (Wildman–Crippen LogP) is 4.71. The van der Waals surface area contributed by atoms with Crippen LogP contribution in [-0.2, 0) is 6.54 Å². The van der Waals surface area contributed by atoms with Crippen LogP contribution in [0.4, 0.5) is 0 Å². The van der Waals surface area contributed by atoms with Crippen LogP contribution in [0.5, 0.6) is 0 Å². The van der Waals surface area contributed by atoms with Crippen molar-refractivity contribution < 1.29 is 4.79 Å². The molecule has 2 nitrogen and oxygen atoms in total. The number of hydrogen-bond acceptors (Lipinski definition) is 2. The molecule has 0 atom stereocenters. The average molecular weight is 352 g/mol. The largest absolute Gasteiger partial charge is 0.337 e. The average Bonchev–Trinajstić information content (AvgIpc) is 2.73. The van der Waals surface area contributed by atoms with E-state index in [-0.39, 0.29) is 5.91 Å². The highest BCUT2D eigenvalue weighted by Gasteiger charge is 2.17. The number of rotatable bonds is 3. The fourth-order valence-corrected chi connectivity index (χ4v) is 3.95. The van der Waals surface area contributed by atoms with E-state index >= 15 is 0 Å². The third kappa shape index (κ3) is 3.30. The molecular weight excluding hydrogens is 334 g/mol. The van der Waals surface area contributed by atoms with Gasteiger partial charge in [-0.1, -0.05) is 17.7 Å². The van der Waals surface area contributed by atoms with Gasteiger partial charge < -0.3 is 4.90 Å². The smallest absolute Gasteiger partial charge is 0.254 e. The Kier molecular flexibility index (Phi) is 4.66. The SMILES string of the molecule is Cc1cc(C)c(C(=O)N(C)Cc2cc(Br)cs2)c(C)c1. The first-order valence-corrected chi connectivity index (χ1v) is 8.12. The second-order valence-corrected chi connectivity index (χ2v) is 7.08. The molecule has 20 heavy (non-hydrogen) atoms. The van der Waals surface area contributed by atoms with E-state index < -0.39 is 0 Å². The molecule has 2 rings (SSSR count). The summed E-state index contributed by atoms with van der Waals surface area (Å²) in [6, 6.07) is 6.19. The first-order valence-electron chi connectivity index (χ1n) is 6.44. The van der Waals surface area contributed by atoms with Gasteiger partial charge in [-0.05, 0) is 53.9 Å². The molecule has 0 fully saturated rings. The van der Waals surface area contributed by atoms with Gasteiger partial charge in [0.2, 0.25) is 0 Å². The summed E-state index contributed by atoms with van der Waals surface area (Å²) in [5.74, 6) is 0.0875. The molecule has 2 aromatic rings. The lowest BCUT2D eigenvalue weighted by Crippen LogP contribution is -2.27. The van der Waals surface area contributed by atoms with E-state index in [1.54, 1.807) is 16.2 Å². The summed E-state index contributed by atoms with van der Waals surface area (Å²) >= 11 is 5.10. The topological polar surface area (TPSA) is 20.3 Å².